The van der Waals surface area contributed by atoms with Gasteiger partial charge >= 0.3 is 10.2 Å². The number of halogens is 6. The highest BCUT2D eigenvalue weighted by molar-refractivity contribution is 8.45. The van der Waals surface area contributed by atoms with Gasteiger partial charge in [0.25, 0.3) is 0 Å². The van der Waals surface area contributed by atoms with Gasteiger partial charge in [0.1, 0.15) is 32.5 Å². The summed E-state index contributed by atoms with van der Waals surface area (Å²) in [5, 5.41) is 0. The molecule has 0 aliphatic rings. The minimum absolute atomic E-state index is 0.0514. The summed E-state index contributed by atoms with van der Waals surface area (Å²) in [6.07, 6.45) is 0.0779. The summed E-state index contributed by atoms with van der Waals surface area (Å²) in [6.45, 7) is 6.39. The van der Waals surface area contributed by atoms with Crippen LogP contribution in [0.25, 0.3) is 0 Å². The van der Waals surface area contributed by atoms with Gasteiger partial charge in [-0.25, -0.2) is 4.39 Å². The standard InChI is InChI=1S/C13H17F6NOS2/c1-5-12(20-22(21)13(2,3)4)10-7-6-9(8-11(10)14)23(15,16,17,18)19/h6-8H,5H2,1-4H3/b20-12+/t22-/m1/s1. The molecule has 0 amide bonds. The molecular weight excluding hydrogens is 364 g/mol. The van der Waals surface area contributed by atoms with Crippen LogP contribution in [-0.2, 0) is 11.4 Å². The SMILES string of the molecule is CC/C(=N\[S@+]([O-])C(C)(C)C)c1ccc(S(F)(F)(F)(F)F)cc1F. The van der Waals surface area contributed by atoms with Gasteiger partial charge in [-0.2, -0.15) is 0 Å². The number of nitrogens with zero attached hydrogens (tertiary/aromatic N) is 1. The van der Waals surface area contributed by atoms with Gasteiger partial charge < -0.3 is 4.55 Å². The van der Waals surface area contributed by atoms with Gasteiger partial charge in [0, 0.05) is 5.56 Å². The molecule has 0 aliphatic heterocycles. The van der Waals surface area contributed by atoms with E-state index in [4.69, 9.17) is 0 Å². The molecule has 0 heterocycles. The maximum atomic E-state index is 13.9. The van der Waals surface area contributed by atoms with Gasteiger partial charge in [0.2, 0.25) is 0 Å². The number of rotatable bonds is 4. The number of hydrogen-bond acceptors (Lipinski definition) is 2. The van der Waals surface area contributed by atoms with Crippen molar-refractivity contribution < 1.29 is 28.4 Å². The predicted molar refractivity (Wildman–Crippen MR) is 82.5 cm³/mol. The van der Waals surface area contributed by atoms with Crippen LogP contribution in [0.3, 0.4) is 0 Å². The van der Waals surface area contributed by atoms with Crippen LogP contribution in [0.5, 0.6) is 0 Å². The molecule has 134 valence electrons. The van der Waals surface area contributed by atoms with Crippen LogP contribution in [0.4, 0.5) is 23.8 Å². The van der Waals surface area contributed by atoms with Crippen molar-refractivity contribution in [1.29, 1.82) is 0 Å². The zero-order valence-corrected chi connectivity index (χ0v) is 14.5. The molecule has 10 heteroatoms. The van der Waals surface area contributed by atoms with Gasteiger partial charge in [-0.05, 0) is 45.4 Å². The highest BCUT2D eigenvalue weighted by Crippen LogP contribution is 3.02. The van der Waals surface area contributed by atoms with Gasteiger partial charge in [0.15, 0.2) is 0 Å². The number of hydrogen-bond donors (Lipinski definition) is 0. The molecule has 0 spiro atoms. The first kappa shape index (κ1) is 20.2. The van der Waals surface area contributed by atoms with Crippen LogP contribution in [0, 0.1) is 5.82 Å². The monoisotopic (exact) mass is 381 g/mol. The summed E-state index contributed by atoms with van der Waals surface area (Å²) in [7, 11) is -9.94. The molecule has 1 aromatic carbocycles. The van der Waals surface area contributed by atoms with Crippen molar-refractivity contribution in [2.75, 3.05) is 0 Å². The molecule has 1 aromatic rings. The lowest BCUT2D eigenvalue weighted by atomic mass is 10.1. The van der Waals surface area contributed by atoms with Crippen molar-refractivity contribution in [2.45, 2.75) is 43.8 Å². The van der Waals surface area contributed by atoms with Crippen LogP contribution in [0.1, 0.15) is 39.7 Å². The van der Waals surface area contributed by atoms with Crippen molar-refractivity contribution in [1.82, 2.24) is 0 Å². The van der Waals surface area contributed by atoms with Crippen molar-refractivity contribution >= 4 is 27.3 Å². The molecule has 0 fully saturated rings. The van der Waals surface area contributed by atoms with Crippen LogP contribution in [0.15, 0.2) is 27.5 Å². The van der Waals surface area contributed by atoms with E-state index in [1.807, 2.05) is 0 Å². The van der Waals surface area contributed by atoms with E-state index in [9.17, 15) is 28.4 Å². The zero-order chi connectivity index (χ0) is 18.3. The molecule has 0 radical (unpaired) electrons. The smallest absolute Gasteiger partial charge is 0.310 e. The third-order valence-corrected chi connectivity index (χ3v) is 5.33. The van der Waals surface area contributed by atoms with Crippen LogP contribution < -0.4 is 0 Å². The highest BCUT2D eigenvalue weighted by atomic mass is 32.5. The van der Waals surface area contributed by atoms with Crippen LogP contribution >= 0.6 is 10.2 Å². The van der Waals surface area contributed by atoms with Crippen molar-refractivity contribution in [3.05, 3.63) is 29.6 Å². The van der Waals surface area contributed by atoms with E-state index in [0.717, 1.165) is 0 Å². The molecule has 1 atom stereocenters. The molecule has 23 heavy (non-hydrogen) atoms. The van der Waals surface area contributed by atoms with Crippen molar-refractivity contribution in [2.24, 2.45) is 4.40 Å². The van der Waals surface area contributed by atoms with E-state index in [1.54, 1.807) is 20.8 Å². The molecule has 0 aromatic heterocycles. The second-order valence-electron chi connectivity index (χ2n) is 5.86. The van der Waals surface area contributed by atoms with Gasteiger partial charge in [-0.1, -0.05) is 30.8 Å². The van der Waals surface area contributed by atoms with E-state index < -0.39 is 37.0 Å². The average Bonchev–Trinajstić information content (AvgIpc) is 2.32. The van der Waals surface area contributed by atoms with E-state index >= 15 is 0 Å². The first-order valence-electron chi connectivity index (χ1n) is 6.49. The van der Waals surface area contributed by atoms with E-state index in [0.29, 0.717) is 6.07 Å². The van der Waals surface area contributed by atoms with E-state index in [2.05, 4.69) is 4.40 Å². The first-order chi connectivity index (χ1) is 9.95. The fourth-order valence-corrected chi connectivity index (χ4v) is 2.86. The molecular formula is C13H17F6NOS2. The molecule has 0 saturated carbocycles. The predicted octanol–water partition coefficient (Wildman–Crippen LogP) is 6.14. The van der Waals surface area contributed by atoms with Gasteiger partial charge in [-0.15, -0.1) is 0 Å². The summed E-state index contributed by atoms with van der Waals surface area (Å²) >= 11 is -1.76. The Morgan fingerprint density at radius 2 is 1.70 bits per heavy atom. The Bertz CT molecular complexity index is 636. The normalized spacial score (nSPS) is 18.3. The summed E-state index contributed by atoms with van der Waals surface area (Å²) in [4.78, 5) is -2.31. The van der Waals surface area contributed by atoms with E-state index in [1.165, 1.54) is 6.92 Å². The van der Waals surface area contributed by atoms with E-state index in [-0.39, 0.29) is 29.8 Å². The molecule has 0 aliphatic carbocycles. The molecule has 0 bridgehead atoms. The molecule has 0 N–H and O–H groups in total. The first-order valence-corrected chi connectivity index (χ1v) is 9.55. The van der Waals surface area contributed by atoms with Crippen molar-refractivity contribution in [3.63, 3.8) is 0 Å². The maximum absolute atomic E-state index is 13.9. The second kappa shape index (κ2) is 5.32. The minimum Gasteiger partial charge on any atom is -0.591 e. The Balaban J connectivity index is 3.38. The fourth-order valence-electron chi connectivity index (χ4n) is 1.51. The quantitative estimate of drug-likeness (QED) is 0.350. The fraction of sp³-hybridized carbons (Fsp3) is 0.462. The third kappa shape index (κ3) is 5.32. The van der Waals surface area contributed by atoms with Crippen LogP contribution in [-0.4, -0.2) is 15.0 Å². The van der Waals surface area contributed by atoms with Gasteiger partial charge in [-0.3, -0.25) is 0 Å². The topological polar surface area (TPSA) is 35.4 Å². The lowest BCUT2D eigenvalue weighted by molar-refractivity contribution is 0.363. The Morgan fingerprint density at radius 1 is 1.17 bits per heavy atom. The largest absolute Gasteiger partial charge is 0.591 e. The summed E-state index contributed by atoms with van der Waals surface area (Å²) in [5.74, 6) is -1.48. The van der Waals surface area contributed by atoms with Crippen molar-refractivity contribution in [3.8, 4) is 0 Å². The minimum atomic E-state index is -9.94. The summed E-state index contributed by atoms with van der Waals surface area (Å²) in [6, 6.07) is 0.456. The Hall–Kier alpha value is -0.870. The Labute approximate surface area is 134 Å². The molecule has 0 saturated heterocycles. The number of benzene rings is 1. The van der Waals surface area contributed by atoms with Crippen LogP contribution in [0.2, 0.25) is 0 Å². The lowest BCUT2D eigenvalue weighted by Gasteiger charge is -2.40. The summed E-state index contributed by atoms with van der Waals surface area (Å²) in [5.41, 5.74) is -0.430. The zero-order valence-electron chi connectivity index (χ0n) is 12.9. The lowest BCUT2D eigenvalue weighted by Crippen LogP contribution is -2.27. The summed E-state index contributed by atoms with van der Waals surface area (Å²) < 4.78 is 92.2. The van der Waals surface area contributed by atoms with Gasteiger partial charge in [0.05, 0.1) is 0 Å². The molecule has 2 nitrogen and oxygen atoms in total. The molecule has 1 rings (SSSR count). The highest BCUT2D eigenvalue weighted by Gasteiger charge is 2.65. The third-order valence-electron chi connectivity index (χ3n) is 2.75. The maximum Gasteiger partial charge on any atom is 0.310 e. The Morgan fingerprint density at radius 3 is 2.04 bits per heavy atom. The average molecular weight is 381 g/mol. The molecule has 0 unspecified atom stereocenters. The Kier molecular flexibility index (Phi) is 4.66. The second-order valence-corrected chi connectivity index (χ2v) is 10.2.